The molecule has 1 rings (SSSR count). The lowest BCUT2D eigenvalue weighted by atomic mass is 10.2. The average molecular weight is 134 g/mol. The normalized spacial score (nSPS) is 8.80. The van der Waals surface area contributed by atoms with Crippen LogP contribution in [-0.2, 0) is 0 Å². The van der Waals surface area contributed by atoms with Crippen molar-refractivity contribution in [3.8, 4) is 0 Å². The second-order valence-electron chi connectivity index (χ2n) is 1.78. The molecule has 3 nitrogen and oxygen atoms in total. The molecule has 0 aliphatic rings. The number of rotatable bonds is 1. The highest BCUT2D eigenvalue weighted by molar-refractivity contribution is 5.94. The predicted molar refractivity (Wildman–Crippen MR) is 35.9 cm³/mol. The van der Waals surface area contributed by atoms with Crippen LogP contribution in [0, 0.1) is 5.53 Å². The van der Waals surface area contributed by atoms with Gasteiger partial charge in [-0.2, -0.15) is 0 Å². The Morgan fingerprint density at radius 3 is 2.40 bits per heavy atom. The minimum absolute atomic E-state index is 0.456. The van der Waals surface area contributed by atoms with E-state index >= 15 is 0 Å². The Bertz CT molecular complexity index is 243. The summed E-state index contributed by atoms with van der Waals surface area (Å²) in [6, 6.07) is 8.53. The molecule has 1 N–H and O–H groups in total. The summed E-state index contributed by atoms with van der Waals surface area (Å²) in [6.45, 7) is 0. The Hall–Kier alpha value is -1.51. The van der Waals surface area contributed by atoms with Crippen LogP contribution in [0.15, 0.2) is 35.4 Å². The topological polar surface area (TPSA) is 53.3 Å². The zero-order chi connectivity index (χ0) is 7.40. The quantitative estimate of drug-likeness (QED) is 0.585. The van der Waals surface area contributed by atoms with Crippen molar-refractivity contribution in [2.24, 2.45) is 5.11 Å². The predicted octanol–water partition coefficient (Wildman–Crippen LogP) is 1.86. The monoisotopic (exact) mass is 134 g/mol. The van der Waals surface area contributed by atoms with Crippen molar-refractivity contribution in [2.45, 2.75) is 0 Å². The van der Waals surface area contributed by atoms with Crippen molar-refractivity contribution in [2.75, 3.05) is 0 Å². The smallest absolute Gasteiger partial charge is 0.265 e. The van der Waals surface area contributed by atoms with Crippen molar-refractivity contribution in [1.29, 1.82) is 5.53 Å². The molecule has 0 aliphatic carbocycles. The Kier molecular flexibility index (Phi) is 1.89. The summed E-state index contributed by atoms with van der Waals surface area (Å²) in [5.74, 6) is -0.499. The van der Waals surface area contributed by atoms with Crippen molar-refractivity contribution < 1.29 is 4.79 Å². The van der Waals surface area contributed by atoms with Crippen LogP contribution in [0.1, 0.15) is 10.4 Å². The van der Waals surface area contributed by atoms with Crippen LogP contribution >= 0.6 is 0 Å². The van der Waals surface area contributed by atoms with E-state index in [0.29, 0.717) is 5.56 Å². The summed E-state index contributed by atoms with van der Waals surface area (Å²) in [6.07, 6.45) is 0. The Morgan fingerprint density at radius 1 is 1.30 bits per heavy atom. The standard InChI is InChI=1S/C7H6N2O/c8-9-7(10)6-4-2-1-3-5-6/h1-5,8H. The molecule has 1 aromatic carbocycles. The van der Waals surface area contributed by atoms with Gasteiger partial charge in [-0.15, -0.1) is 5.11 Å². The van der Waals surface area contributed by atoms with Crippen LogP contribution in [0.3, 0.4) is 0 Å². The summed E-state index contributed by atoms with van der Waals surface area (Å²) in [5, 5.41) is 2.77. The maximum absolute atomic E-state index is 10.7. The fraction of sp³-hybridized carbons (Fsp3) is 0. The first kappa shape index (κ1) is 6.61. The summed E-state index contributed by atoms with van der Waals surface area (Å²) in [7, 11) is 0. The average Bonchev–Trinajstić information content (AvgIpc) is 2.05. The molecular formula is C7H6N2O. The number of carbonyl (C=O) groups excluding carboxylic acids is 1. The Morgan fingerprint density at radius 2 is 1.90 bits per heavy atom. The third kappa shape index (κ3) is 1.25. The van der Waals surface area contributed by atoms with Gasteiger partial charge in [-0.05, 0) is 12.1 Å². The molecule has 0 radical (unpaired) electrons. The van der Waals surface area contributed by atoms with Gasteiger partial charge in [-0.3, -0.25) is 4.79 Å². The molecule has 0 saturated carbocycles. The Balaban J connectivity index is 2.95. The van der Waals surface area contributed by atoms with Gasteiger partial charge < -0.3 is 0 Å². The summed E-state index contributed by atoms with van der Waals surface area (Å²) in [5.41, 5.74) is 6.88. The number of hydrogen-bond acceptors (Lipinski definition) is 2. The molecular weight excluding hydrogens is 128 g/mol. The largest absolute Gasteiger partial charge is 0.294 e. The molecule has 0 spiro atoms. The lowest BCUT2D eigenvalue weighted by molar-refractivity contribution is 0.0991. The molecule has 0 fully saturated rings. The van der Waals surface area contributed by atoms with E-state index in [1.165, 1.54) is 0 Å². The van der Waals surface area contributed by atoms with Gasteiger partial charge in [0, 0.05) is 5.56 Å². The van der Waals surface area contributed by atoms with Gasteiger partial charge in [-0.1, -0.05) is 18.2 Å². The molecule has 0 atom stereocenters. The van der Waals surface area contributed by atoms with Crippen molar-refractivity contribution in [3.05, 3.63) is 35.9 Å². The number of amides is 1. The maximum Gasteiger partial charge on any atom is 0.294 e. The van der Waals surface area contributed by atoms with Gasteiger partial charge in [0.1, 0.15) is 0 Å². The minimum Gasteiger partial charge on any atom is -0.265 e. The van der Waals surface area contributed by atoms with Crippen LogP contribution < -0.4 is 0 Å². The molecule has 0 heterocycles. The maximum atomic E-state index is 10.7. The first-order valence-electron chi connectivity index (χ1n) is 2.81. The molecule has 0 unspecified atom stereocenters. The van der Waals surface area contributed by atoms with Crippen LogP contribution in [0.4, 0.5) is 0 Å². The highest BCUT2D eigenvalue weighted by Crippen LogP contribution is 1.99. The highest BCUT2D eigenvalue weighted by Gasteiger charge is 1.99. The van der Waals surface area contributed by atoms with E-state index in [-0.39, 0.29) is 0 Å². The van der Waals surface area contributed by atoms with E-state index in [1.807, 2.05) is 0 Å². The van der Waals surface area contributed by atoms with E-state index in [2.05, 4.69) is 5.11 Å². The molecule has 10 heavy (non-hydrogen) atoms. The first-order chi connectivity index (χ1) is 4.84. The molecule has 0 aromatic heterocycles. The lowest BCUT2D eigenvalue weighted by Crippen LogP contribution is -1.90. The van der Waals surface area contributed by atoms with E-state index < -0.39 is 5.91 Å². The number of nitrogens with one attached hydrogen (secondary N) is 1. The molecule has 1 amide bonds. The fourth-order valence-electron chi connectivity index (χ4n) is 0.645. The zero-order valence-corrected chi connectivity index (χ0v) is 5.24. The van der Waals surface area contributed by atoms with Crippen LogP contribution in [0.25, 0.3) is 0 Å². The van der Waals surface area contributed by atoms with Crippen LogP contribution in [0.5, 0.6) is 0 Å². The van der Waals surface area contributed by atoms with Crippen LogP contribution in [-0.4, -0.2) is 5.91 Å². The van der Waals surface area contributed by atoms with Gasteiger partial charge in [0.25, 0.3) is 5.91 Å². The lowest BCUT2D eigenvalue weighted by Gasteiger charge is -1.88. The highest BCUT2D eigenvalue weighted by atomic mass is 16.1. The van der Waals surface area contributed by atoms with Crippen molar-refractivity contribution >= 4 is 5.91 Å². The number of nitrogens with zero attached hydrogens (tertiary/aromatic N) is 1. The van der Waals surface area contributed by atoms with Gasteiger partial charge in [-0.25, -0.2) is 5.53 Å². The second kappa shape index (κ2) is 2.87. The van der Waals surface area contributed by atoms with E-state index in [0.717, 1.165) is 0 Å². The minimum atomic E-state index is -0.499. The third-order valence-corrected chi connectivity index (χ3v) is 1.12. The zero-order valence-electron chi connectivity index (χ0n) is 5.24. The summed E-state index contributed by atoms with van der Waals surface area (Å²) >= 11 is 0. The van der Waals surface area contributed by atoms with E-state index in [9.17, 15) is 4.79 Å². The van der Waals surface area contributed by atoms with E-state index in [1.54, 1.807) is 30.3 Å². The number of hydrogen-bond donors (Lipinski definition) is 1. The molecule has 3 heteroatoms. The van der Waals surface area contributed by atoms with Crippen molar-refractivity contribution in [3.63, 3.8) is 0 Å². The molecule has 0 aliphatic heterocycles. The number of benzene rings is 1. The Labute approximate surface area is 58.2 Å². The molecule has 1 aromatic rings. The SMILES string of the molecule is N=NC(=O)c1ccccc1. The van der Waals surface area contributed by atoms with Gasteiger partial charge in [0.2, 0.25) is 0 Å². The van der Waals surface area contributed by atoms with Gasteiger partial charge in [0.05, 0.1) is 0 Å². The van der Waals surface area contributed by atoms with Gasteiger partial charge >= 0.3 is 0 Å². The summed E-state index contributed by atoms with van der Waals surface area (Å²) in [4.78, 5) is 10.7. The number of carbonyl (C=O) groups is 1. The molecule has 0 bridgehead atoms. The molecule has 50 valence electrons. The van der Waals surface area contributed by atoms with Crippen LogP contribution in [0.2, 0.25) is 0 Å². The third-order valence-electron chi connectivity index (χ3n) is 1.12. The molecule has 0 saturated heterocycles. The van der Waals surface area contributed by atoms with E-state index in [4.69, 9.17) is 5.53 Å². The summed E-state index contributed by atoms with van der Waals surface area (Å²) < 4.78 is 0. The second-order valence-corrected chi connectivity index (χ2v) is 1.78. The first-order valence-corrected chi connectivity index (χ1v) is 2.81. The fourth-order valence-corrected chi connectivity index (χ4v) is 0.645. The van der Waals surface area contributed by atoms with Gasteiger partial charge in [0.15, 0.2) is 0 Å². The van der Waals surface area contributed by atoms with Crippen molar-refractivity contribution in [1.82, 2.24) is 0 Å².